The summed E-state index contributed by atoms with van der Waals surface area (Å²) in [5.74, 6) is 1.32. The highest BCUT2D eigenvalue weighted by Crippen LogP contribution is 2.22. The van der Waals surface area contributed by atoms with Crippen molar-refractivity contribution in [1.82, 2.24) is 14.3 Å². The van der Waals surface area contributed by atoms with Crippen molar-refractivity contribution in [3.05, 3.63) is 82.9 Å². The first-order valence-corrected chi connectivity index (χ1v) is 10.7. The number of hydrogen-bond acceptors (Lipinski definition) is 4. The Hall–Kier alpha value is -2.64. The van der Waals surface area contributed by atoms with Gasteiger partial charge >= 0.3 is 0 Å². The zero-order valence-electron chi connectivity index (χ0n) is 16.6. The number of rotatable bonds is 8. The Morgan fingerprint density at radius 2 is 1.76 bits per heavy atom. The summed E-state index contributed by atoms with van der Waals surface area (Å²) >= 11 is 7.24. The zero-order valence-corrected chi connectivity index (χ0v) is 18.2. The van der Waals surface area contributed by atoms with E-state index in [0.717, 1.165) is 17.1 Å². The van der Waals surface area contributed by atoms with Crippen LogP contribution >= 0.6 is 24.0 Å². The summed E-state index contributed by atoms with van der Waals surface area (Å²) < 4.78 is 4.01. The summed E-state index contributed by atoms with van der Waals surface area (Å²) in [6.45, 7) is 8.51. The van der Waals surface area contributed by atoms with Crippen LogP contribution in [-0.2, 0) is 23.6 Å². The quantitative estimate of drug-likeness (QED) is 0.309. The minimum Gasteiger partial charge on any atom is -0.324 e. The van der Waals surface area contributed by atoms with Crippen LogP contribution in [0, 0.1) is 18.6 Å². The fourth-order valence-electron chi connectivity index (χ4n) is 2.76. The molecule has 0 unspecified atom stereocenters. The highest BCUT2D eigenvalue weighted by atomic mass is 32.2. The average Bonchev–Trinajstić information content (AvgIpc) is 2.98. The van der Waals surface area contributed by atoms with E-state index in [2.05, 4.69) is 48.2 Å². The van der Waals surface area contributed by atoms with Gasteiger partial charge in [0.05, 0.1) is 5.75 Å². The van der Waals surface area contributed by atoms with Crippen LogP contribution in [0.1, 0.15) is 17.0 Å². The molecule has 3 aromatic rings. The van der Waals surface area contributed by atoms with Crippen LogP contribution in [0.25, 0.3) is 0 Å². The molecule has 0 fully saturated rings. The van der Waals surface area contributed by atoms with Crippen molar-refractivity contribution in [2.24, 2.45) is 0 Å². The van der Waals surface area contributed by atoms with E-state index in [9.17, 15) is 4.79 Å². The van der Waals surface area contributed by atoms with Gasteiger partial charge in [0.15, 0.2) is 4.77 Å². The molecule has 3 rings (SSSR count). The first kappa shape index (κ1) is 21.1. The third-order valence-electron chi connectivity index (χ3n) is 4.33. The molecular weight excluding hydrogens is 400 g/mol. The number of carbonyl (C=O) groups is 1. The van der Waals surface area contributed by atoms with Gasteiger partial charge in [-0.1, -0.05) is 41.5 Å². The third kappa shape index (κ3) is 5.68. The van der Waals surface area contributed by atoms with Gasteiger partial charge in [0, 0.05) is 17.1 Å². The third-order valence-corrected chi connectivity index (χ3v) is 5.77. The predicted octanol–water partition coefficient (Wildman–Crippen LogP) is 5.15. The summed E-state index contributed by atoms with van der Waals surface area (Å²) in [6.07, 6.45) is 1.79. The van der Waals surface area contributed by atoms with E-state index in [4.69, 9.17) is 12.2 Å². The van der Waals surface area contributed by atoms with Gasteiger partial charge in [-0.2, -0.15) is 5.10 Å². The molecule has 0 radical (unpaired) electrons. The van der Waals surface area contributed by atoms with Gasteiger partial charge in [-0.3, -0.25) is 9.36 Å². The summed E-state index contributed by atoms with van der Waals surface area (Å²) in [6, 6.07) is 16.1. The maximum absolute atomic E-state index is 12.5. The Kier molecular flexibility index (Phi) is 7.06. The van der Waals surface area contributed by atoms with E-state index >= 15 is 0 Å². The zero-order chi connectivity index (χ0) is 20.8. The van der Waals surface area contributed by atoms with Crippen LogP contribution in [0.3, 0.4) is 0 Å². The molecule has 150 valence electrons. The van der Waals surface area contributed by atoms with Gasteiger partial charge in [0.1, 0.15) is 12.4 Å². The van der Waals surface area contributed by atoms with E-state index in [1.807, 2.05) is 35.8 Å². The van der Waals surface area contributed by atoms with Crippen molar-refractivity contribution in [3.63, 3.8) is 0 Å². The maximum Gasteiger partial charge on any atom is 0.246 e. The highest BCUT2D eigenvalue weighted by molar-refractivity contribution is 7.98. The number of aryl methyl sites for hydroxylation is 2. The number of allylic oxidation sites excluding steroid dienone is 1. The number of carbonyl (C=O) groups excluding carboxylic acids is 1. The minimum atomic E-state index is -0.161. The second-order valence-corrected chi connectivity index (χ2v) is 8.19. The molecule has 0 aliphatic rings. The van der Waals surface area contributed by atoms with Gasteiger partial charge in [-0.25, -0.2) is 4.68 Å². The minimum absolute atomic E-state index is 0.0685. The molecule has 0 aliphatic heterocycles. The van der Waals surface area contributed by atoms with Crippen molar-refractivity contribution in [2.75, 3.05) is 5.32 Å². The smallest absolute Gasteiger partial charge is 0.246 e. The summed E-state index contributed by atoms with van der Waals surface area (Å²) in [7, 11) is 0. The van der Waals surface area contributed by atoms with E-state index < -0.39 is 0 Å². The number of amides is 1. The Labute approximate surface area is 180 Å². The van der Waals surface area contributed by atoms with Crippen molar-refractivity contribution < 1.29 is 4.79 Å². The van der Waals surface area contributed by atoms with Crippen LogP contribution in [0.4, 0.5) is 5.69 Å². The normalized spacial score (nSPS) is 10.7. The largest absolute Gasteiger partial charge is 0.324 e. The molecule has 1 amide bonds. The van der Waals surface area contributed by atoms with E-state index in [1.165, 1.54) is 10.5 Å². The first-order chi connectivity index (χ1) is 14.0. The molecule has 0 saturated carbocycles. The van der Waals surface area contributed by atoms with Crippen LogP contribution in [0.15, 0.2) is 66.1 Å². The van der Waals surface area contributed by atoms with Gasteiger partial charge < -0.3 is 5.32 Å². The molecule has 5 nitrogen and oxygen atoms in total. The first-order valence-electron chi connectivity index (χ1n) is 9.29. The lowest BCUT2D eigenvalue weighted by Crippen LogP contribution is -2.19. The summed E-state index contributed by atoms with van der Waals surface area (Å²) in [4.78, 5) is 13.6. The molecule has 0 bridgehead atoms. The Balaban J connectivity index is 1.73. The Morgan fingerprint density at radius 1 is 1.14 bits per heavy atom. The van der Waals surface area contributed by atoms with E-state index in [0.29, 0.717) is 17.1 Å². The number of anilines is 1. The lowest BCUT2D eigenvalue weighted by atomic mass is 10.2. The molecule has 0 atom stereocenters. The Bertz CT molecular complexity index is 1050. The number of thioether (sulfide) groups is 1. The molecule has 0 saturated heterocycles. The number of aromatic nitrogens is 3. The van der Waals surface area contributed by atoms with E-state index in [-0.39, 0.29) is 12.5 Å². The molecule has 1 aromatic heterocycles. The number of hydrogen-bond donors (Lipinski definition) is 1. The number of benzene rings is 2. The van der Waals surface area contributed by atoms with Crippen LogP contribution in [0.5, 0.6) is 0 Å². The lowest BCUT2D eigenvalue weighted by molar-refractivity contribution is -0.116. The van der Waals surface area contributed by atoms with Crippen LogP contribution in [-0.4, -0.2) is 20.3 Å². The van der Waals surface area contributed by atoms with Gasteiger partial charge in [-0.15, -0.1) is 18.3 Å². The van der Waals surface area contributed by atoms with Crippen molar-refractivity contribution in [1.29, 1.82) is 0 Å². The fourth-order valence-corrected chi connectivity index (χ4v) is 3.89. The van der Waals surface area contributed by atoms with Gasteiger partial charge in [0.25, 0.3) is 0 Å². The van der Waals surface area contributed by atoms with Crippen LogP contribution < -0.4 is 5.32 Å². The van der Waals surface area contributed by atoms with Crippen molar-refractivity contribution in [2.45, 2.75) is 37.6 Å². The van der Waals surface area contributed by atoms with Crippen LogP contribution in [0.2, 0.25) is 0 Å². The predicted molar refractivity (Wildman–Crippen MR) is 122 cm³/mol. The second-order valence-electron chi connectivity index (χ2n) is 6.77. The van der Waals surface area contributed by atoms with Gasteiger partial charge in [-0.05, 0) is 50.3 Å². The molecule has 7 heteroatoms. The topological polar surface area (TPSA) is 51.9 Å². The monoisotopic (exact) mass is 424 g/mol. The molecule has 29 heavy (non-hydrogen) atoms. The van der Waals surface area contributed by atoms with Gasteiger partial charge in [0.2, 0.25) is 5.91 Å². The molecule has 0 aliphatic carbocycles. The molecule has 2 aromatic carbocycles. The fraction of sp³-hybridized carbons (Fsp3) is 0.227. The molecule has 0 spiro atoms. The average molecular weight is 425 g/mol. The Morgan fingerprint density at radius 3 is 2.38 bits per heavy atom. The van der Waals surface area contributed by atoms with Crippen molar-refractivity contribution >= 4 is 35.6 Å². The summed E-state index contributed by atoms with van der Waals surface area (Å²) in [5.41, 5.74) is 3.13. The SMILES string of the molecule is C=CCn1c(CSc2ccc(C)cc2)nn(CC(=O)Nc2ccc(C)cc2)c1=S. The molecule has 1 heterocycles. The maximum atomic E-state index is 12.5. The highest BCUT2D eigenvalue weighted by Gasteiger charge is 2.13. The number of nitrogens with zero attached hydrogens (tertiary/aromatic N) is 3. The molecular formula is C22H24N4OS2. The second kappa shape index (κ2) is 9.71. The van der Waals surface area contributed by atoms with E-state index in [1.54, 1.807) is 22.5 Å². The standard InChI is InChI=1S/C22H24N4OS2/c1-4-13-25-20(15-29-19-11-7-17(3)8-12-19)24-26(22(25)28)14-21(27)23-18-9-5-16(2)6-10-18/h4-12H,1,13-15H2,2-3H3,(H,23,27). The van der Waals surface area contributed by atoms with Crippen molar-refractivity contribution in [3.8, 4) is 0 Å². The summed E-state index contributed by atoms with van der Waals surface area (Å²) in [5, 5.41) is 7.49. The lowest BCUT2D eigenvalue weighted by Gasteiger charge is -2.05. The number of nitrogens with one attached hydrogen (secondary N) is 1. The molecule has 1 N–H and O–H groups in total.